The molecule has 0 radical (unpaired) electrons. The van der Waals surface area contributed by atoms with Crippen molar-refractivity contribution in [3.05, 3.63) is 50.2 Å². The topological polar surface area (TPSA) is 60.0 Å². The summed E-state index contributed by atoms with van der Waals surface area (Å²) >= 11 is 3.36. The van der Waals surface area contributed by atoms with Crippen molar-refractivity contribution in [3.63, 3.8) is 0 Å². The number of benzene rings is 1. The van der Waals surface area contributed by atoms with Gasteiger partial charge in [0.25, 0.3) is 0 Å². The van der Waals surface area contributed by atoms with Gasteiger partial charge in [-0.2, -0.15) is 10.5 Å². The van der Waals surface area contributed by atoms with Crippen molar-refractivity contribution in [1.29, 1.82) is 10.5 Å². The number of unbranched alkanes of at least 4 members (excludes halogenated alkanes) is 3. The van der Waals surface area contributed by atoms with Gasteiger partial charge in [0.2, 0.25) is 0 Å². The van der Waals surface area contributed by atoms with Crippen molar-refractivity contribution in [2.45, 2.75) is 84.0 Å². The van der Waals surface area contributed by atoms with Gasteiger partial charge >= 0.3 is 0 Å². The van der Waals surface area contributed by atoms with E-state index in [1.54, 1.807) is 28.7 Å². The van der Waals surface area contributed by atoms with E-state index < -0.39 is 0 Å². The summed E-state index contributed by atoms with van der Waals surface area (Å²) in [5.74, 6) is 1.07. The zero-order valence-corrected chi connectivity index (χ0v) is 26.0. The summed E-state index contributed by atoms with van der Waals surface area (Å²) in [6, 6.07) is 10.6. The largest absolute Gasteiger partial charge is 0.493 e. The number of ether oxygens (including phenoxy) is 1. The molecule has 2 aliphatic heterocycles. The minimum Gasteiger partial charge on any atom is -0.493 e. The zero-order valence-electron chi connectivity index (χ0n) is 24.4. The lowest BCUT2D eigenvalue weighted by Crippen LogP contribution is -2.45. The third-order valence-corrected chi connectivity index (χ3v) is 10.7. The first-order valence-corrected chi connectivity index (χ1v) is 16.1. The van der Waals surface area contributed by atoms with E-state index in [-0.39, 0.29) is 16.4 Å². The number of rotatable bonds is 9. The van der Waals surface area contributed by atoms with Gasteiger partial charge in [0.15, 0.2) is 0 Å². The Morgan fingerprint density at radius 2 is 1.60 bits per heavy atom. The van der Waals surface area contributed by atoms with Crippen LogP contribution in [-0.2, 0) is 10.8 Å². The van der Waals surface area contributed by atoms with Gasteiger partial charge in [0.05, 0.1) is 6.61 Å². The molecule has 0 bridgehead atoms. The quantitative estimate of drug-likeness (QED) is 0.190. The fourth-order valence-corrected chi connectivity index (χ4v) is 8.25. The van der Waals surface area contributed by atoms with E-state index >= 15 is 0 Å². The van der Waals surface area contributed by atoms with Crippen LogP contribution in [0.1, 0.15) is 99.6 Å². The molecule has 0 N–H and O–H groups in total. The molecular formula is C34H39N3OS2. The Kier molecular flexibility index (Phi) is 8.14. The molecule has 3 aromatic rings. The molecule has 0 unspecified atom stereocenters. The molecule has 2 aliphatic rings. The van der Waals surface area contributed by atoms with Crippen LogP contribution in [0.25, 0.3) is 27.6 Å². The molecule has 0 amide bonds. The zero-order chi connectivity index (χ0) is 28.5. The number of anilines is 1. The molecule has 0 aliphatic carbocycles. The van der Waals surface area contributed by atoms with Gasteiger partial charge < -0.3 is 9.64 Å². The number of nitrogens with zero attached hydrogens (tertiary/aromatic N) is 3. The number of thiophene rings is 2. The molecule has 4 nitrogen and oxygen atoms in total. The highest BCUT2D eigenvalue weighted by Gasteiger charge is 2.42. The summed E-state index contributed by atoms with van der Waals surface area (Å²) in [5.41, 5.74) is 5.77. The lowest BCUT2D eigenvalue weighted by Gasteiger charge is -2.49. The van der Waals surface area contributed by atoms with Crippen molar-refractivity contribution in [2.24, 2.45) is 0 Å². The molecule has 40 heavy (non-hydrogen) atoms. The number of fused-ring (bicyclic) bond motifs is 1. The second-order valence-corrected chi connectivity index (χ2v) is 14.6. The first kappa shape index (κ1) is 28.5. The predicted octanol–water partition coefficient (Wildman–Crippen LogP) is 9.69. The summed E-state index contributed by atoms with van der Waals surface area (Å²) < 4.78 is 9.09. The Hall–Kier alpha value is -3.06. The summed E-state index contributed by atoms with van der Waals surface area (Å²) in [5, 5.41) is 18.2. The third-order valence-electron chi connectivity index (χ3n) is 8.46. The van der Waals surface area contributed by atoms with Crippen molar-refractivity contribution in [2.75, 3.05) is 24.6 Å². The monoisotopic (exact) mass is 569 g/mol. The van der Waals surface area contributed by atoms with E-state index in [1.807, 2.05) is 12.1 Å². The van der Waals surface area contributed by atoms with Crippen molar-refractivity contribution in [3.8, 4) is 17.9 Å². The average Bonchev–Trinajstić information content (AvgIpc) is 3.47. The second kappa shape index (κ2) is 11.4. The predicted molar refractivity (Wildman–Crippen MR) is 171 cm³/mol. The number of hydrogen-bond donors (Lipinski definition) is 0. The van der Waals surface area contributed by atoms with Crippen molar-refractivity contribution < 1.29 is 4.74 Å². The molecule has 5 rings (SSSR count). The SMILES string of the molecule is CCCCCCOc1c(/C=C/c2cc3sc(C=C(C#N)C#N)cc3s2)cc2c3c1C(C)(C)CCN3CCC2(C)C. The molecule has 0 fully saturated rings. The Morgan fingerprint density at radius 3 is 2.30 bits per heavy atom. The third kappa shape index (κ3) is 5.58. The Bertz CT molecular complexity index is 1500. The Balaban J connectivity index is 1.55. The van der Waals surface area contributed by atoms with Gasteiger partial charge in [-0.3, -0.25) is 0 Å². The van der Waals surface area contributed by atoms with E-state index in [4.69, 9.17) is 15.3 Å². The molecule has 6 heteroatoms. The maximum absolute atomic E-state index is 9.09. The van der Waals surface area contributed by atoms with E-state index in [0.717, 1.165) is 49.6 Å². The van der Waals surface area contributed by atoms with Crippen molar-refractivity contribution >= 4 is 56.0 Å². The summed E-state index contributed by atoms with van der Waals surface area (Å²) in [6.45, 7) is 14.8. The molecule has 0 atom stereocenters. The number of allylic oxidation sites excluding steroid dienone is 1. The lowest BCUT2D eigenvalue weighted by molar-refractivity contribution is 0.289. The highest BCUT2D eigenvalue weighted by Crippen LogP contribution is 2.54. The first-order chi connectivity index (χ1) is 19.2. The van der Waals surface area contributed by atoms with E-state index in [1.165, 1.54) is 55.9 Å². The number of nitriles is 2. The lowest BCUT2D eigenvalue weighted by atomic mass is 9.68. The van der Waals surface area contributed by atoms with Gasteiger partial charge in [-0.25, -0.2) is 0 Å². The van der Waals surface area contributed by atoms with Crippen LogP contribution in [0.15, 0.2) is 23.8 Å². The minimum absolute atomic E-state index is 0.0533. The standard InChI is InChI=1S/C34H39N3OS2/c1-6-7-8-9-16-38-32-24(10-11-25-19-28-29(39-25)20-26(40-28)17-23(21-35)22-36)18-27-31-30(32)34(4,5)13-15-37(31)14-12-33(27,2)3/h10-11,17-20H,6-9,12-16H2,1-5H3/b11-10+. The van der Waals surface area contributed by atoms with Crippen LogP contribution in [0, 0.1) is 22.7 Å². The van der Waals surface area contributed by atoms with Crippen LogP contribution >= 0.6 is 22.7 Å². The first-order valence-electron chi connectivity index (χ1n) is 14.5. The molecule has 2 aromatic heterocycles. The maximum Gasteiger partial charge on any atom is 0.132 e. The van der Waals surface area contributed by atoms with E-state index in [0.29, 0.717) is 0 Å². The summed E-state index contributed by atoms with van der Waals surface area (Å²) in [4.78, 5) is 4.75. The number of hydrogen-bond acceptors (Lipinski definition) is 6. The van der Waals surface area contributed by atoms with Gasteiger partial charge in [-0.15, -0.1) is 22.7 Å². The van der Waals surface area contributed by atoms with Gasteiger partial charge in [0, 0.05) is 49.1 Å². The van der Waals surface area contributed by atoms with Crippen LogP contribution < -0.4 is 9.64 Å². The van der Waals surface area contributed by atoms with Crippen molar-refractivity contribution in [1.82, 2.24) is 0 Å². The second-order valence-electron chi connectivity index (χ2n) is 12.4. The highest BCUT2D eigenvalue weighted by molar-refractivity contribution is 7.28. The summed E-state index contributed by atoms with van der Waals surface area (Å²) in [6.07, 6.45) is 13.2. The molecule has 1 aromatic carbocycles. The molecule has 0 saturated carbocycles. The van der Waals surface area contributed by atoms with Gasteiger partial charge in [-0.1, -0.05) is 53.9 Å². The Labute approximate surface area is 247 Å². The Morgan fingerprint density at radius 1 is 0.925 bits per heavy atom. The molecule has 0 spiro atoms. The molecule has 0 saturated heterocycles. The normalized spacial score (nSPS) is 16.9. The molecular weight excluding hydrogens is 531 g/mol. The minimum atomic E-state index is 0.0533. The van der Waals surface area contributed by atoms with Crippen LogP contribution in [0.5, 0.6) is 5.75 Å². The summed E-state index contributed by atoms with van der Waals surface area (Å²) in [7, 11) is 0. The molecule has 4 heterocycles. The maximum atomic E-state index is 9.09. The van der Waals surface area contributed by atoms with E-state index in [2.05, 4.69) is 69.9 Å². The van der Waals surface area contributed by atoms with Crippen LogP contribution in [0.2, 0.25) is 0 Å². The molecule has 208 valence electrons. The van der Waals surface area contributed by atoms with Crippen LogP contribution in [0.4, 0.5) is 5.69 Å². The fourth-order valence-electron chi connectivity index (χ4n) is 5.98. The highest BCUT2D eigenvalue weighted by atomic mass is 32.1. The average molecular weight is 570 g/mol. The fraction of sp³-hybridized carbons (Fsp3) is 0.471. The van der Waals surface area contributed by atoms with Crippen LogP contribution in [0.3, 0.4) is 0 Å². The smallest absolute Gasteiger partial charge is 0.132 e. The van der Waals surface area contributed by atoms with Gasteiger partial charge in [-0.05, 0) is 72.1 Å². The van der Waals surface area contributed by atoms with E-state index in [9.17, 15) is 0 Å². The van der Waals surface area contributed by atoms with Crippen LogP contribution in [-0.4, -0.2) is 19.7 Å². The van der Waals surface area contributed by atoms with Gasteiger partial charge in [0.1, 0.15) is 23.5 Å².